The zero-order chi connectivity index (χ0) is 14.4. The van der Waals surface area contributed by atoms with Crippen molar-refractivity contribution in [3.8, 4) is 0 Å². The number of carbonyl (C=O) groups excluding carboxylic acids is 1. The first-order chi connectivity index (χ1) is 9.63. The first-order valence-electron chi connectivity index (χ1n) is 6.32. The van der Waals surface area contributed by atoms with Gasteiger partial charge in [0, 0.05) is 15.9 Å². The van der Waals surface area contributed by atoms with Crippen molar-refractivity contribution in [2.45, 2.75) is 12.7 Å². The van der Waals surface area contributed by atoms with Crippen LogP contribution in [0, 0.1) is 6.92 Å². The number of nitrogens with one attached hydrogen (secondary N) is 1. The highest BCUT2D eigenvalue weighted by Crippen LogP contribution is 2.16. The number of halogens is 1. The standard InChI is InChI=1S/C16H16BrNOS/c1-12-3-2-4-15(9-12)18-16(19)11-20-10-13-5-7-14(17)8-6-13/h2-9H,10-11H2,1H3,(H,18,19). The van der Waals surface area contributed by atoms with Gasteiger partial charge in [0.25, 0.3) is 0 Å². The van der Waals surface area contributed by atoms with Gasteiger partial charge < -0.3 is 5.32 Å². The fourth-order valence-corrected chi connectivity index (χ4v) is 2.81. The van der Waals surface area contributed by atoms with Gasteiger partial charge in [-0.25, -0.2) is 0 Å². The number of thioether (sulfide) groups is 1. The summed E-state index contributed by atoms with van der Waals surface area (Å²) in [5, 5.41) is 2.91. The van der Waals surface area contributed by atoms with Crippen molar-refractivity contribution in [1.82, 2.24) is 0 Å². The zero-order valence-electron chi connectivity index (χ0n) is 11.2. The molecule has 0 unspecified atom stereocenters. The minimum Gasteiger partial charge on any atom is -0.325 e. The van der Waals surface area contributed by atoms with E-state index in [1.54, 1.807) is 11.8 Å². The van der Waals surface area contributed by atoms with E-state index in [1.165, 1.54) is 5.56 Å². The van der Waals surface area contributed by atoms with Crippen LogP contribution in [0.25, 0.3) is 0 Å². The third kappa shape index (κ3) is 5.02. The van der Waals surface area contributed by atoms with Crippen molar-refractivity contribution >= 4 is 39.3 Å². The van der Waals surface area contributed by atoms with Crippen molar-refractivity contribution in [2.24, 2.45) is 0 Å². The van der Waals surface area contributed by atoms with Crippen LogP contribution in [0.2, 0.25) is 0 Å². The van der Waals surface area contributed by atoms with E-state index in [2.05, 4.69) is 33.4 Å². The van der Waals surface area contributed by atoms with Crippen LogP contribution in [0.1, 0.15) is 11.1 Å². The smallest absolute Gasteiger partial charge is 0.234 e. The number of aryl methyl sites for hydroxylation is 1. The van der Waals surface area contributed by atoms with E-state index in [1.807, 2.05) is 43.3 Å². The monoisotopic (exact) mass is 349 g/mol. The van der Waals surface area contributed by atoms with Gasteiger partial charge in [0.2, 0.25) is 5.91 Å². The van der Waals surface area contributed by atoms with Gasteiger partial charge in [0.05, 0.1) is 5.75 Å². The molecule has 0 saturated carbocycles. The van der Waals surface area contributed by atoms with Crippen LogP contribution in [0.4, 0.5) is 5.69 Å². The number of hydrogen-bond acceptors (Lipinski definition) is 2. The normalized spacial score (nSPS) is 10.3. The van der Waals surface area contributed by atoms with E-state index < -0.39 is 0 Å². The highest BCUT2D eigenvalue weighted by molar-refractivity contribution is 9.10. The number of amides is 1. The van der Waals surface area contributed by atoms with Gasteiger partial charge in [-0.3, -0.25) is 4.79 Å². The second kappa shape index (κ2) is 7.50. The lowest BCUT2D eigenvalue weighted by atomic mass is 10.2. The molecule has 2 nitrogen and oxygen atoms in total. The van der Waals surface area contributed by atoms with Crippen LogP contribution in [0.3, 0.4) is 0 Å². The summed E-state index contributed by atoms with van der Waals surface area (Å²) in [4.78, 5) is 11.8. The minimum atomic E-state index is 0.0395. The Morgan fingerprint density at radius 1 is 1.20 bits per heavy atom. The first-order valence-corrected chi connectivity index (χ1v) is 8.27. The van der Waals surface area contributed by atoms with E-state index >= 15 is 0 Å². The molecule has 0 aromatic heterocycles. The third-order valence-corrected chi connectivity index (χ3v) is 4.25. The van der Waals surface area contributed by atoms with E-state index in [0.717, 1.165) is 21.5 Å². The lowest BCUT2D eigenvalue weighted by molar-refractivity contribution is -0.113. The molecule has 4 heteroatoms. The topological polar surface area (TPSA) is 29.1 Å². The molecule has 0 fully saturated rings. The second-order valence-corrected chi connectivity index (χ2v) is 6.44. The molecule has 1 N–H and O–H groups in total. The van der Waals surface area contributed by atoms with Gasteiger partial charge in [-0.15, -0.1) is 11.8 Å². The molecule has 0 aliphatic rings. The van der Waals surface area contributed by atoms with Gasteiger partial charge in [-0.05, 0) is 42.3 Å². The van der Waals surface area contributed by atoms with Crippen LogP contribution >= 0.6 is 27.7 Å². The number of rotatable bonds is 5. The summed E-state index contributed by atoms with van der Waals surface area (Å²) < 4.78 is 1.07. The molecular formula is C16H16BrNOS. The Morgan fingerprint density at radius 3 is 2.65 bits per heavy atom. The summed E-state index contributed by atoms with van der Waals surface area (Å²) in [6, 6.07) is 16.0. The minimum absolute atomic E-state index is 0.0395. The van der Waals surface area contributed by atoms with E-state index in [4.69, 9.17) is 0 Å². The summed E-state index contributed by atoms with van der Waals surface area (Å²) in [5.41, 5.74) is 3.23. The Balaban J connectivity index is 1.76. The highest BCUT2D eigenvalue weighted by atomic mass is 79.9. The summed E-state index contributed by atoms with van der Waals surface area (Å²) in [6.45, 7) is 2.01. The average molecular weight is 350 g/mol. The molecule has 2 aromatic carbocycles. The van der Waals surface area contributed by atoms with Gasteiger partial charge in [0.1, 0.15) is 0 Å². The molecule has 0 heterocycles. The maximum Gasteiger partial charge on any atom is 0.234 e. The van der Waals surface area contributed by atoms with E-state index in [-0.39, 0.29) is 5.91 Å². The number of carbonyl (C=O) groups is 1. The quantitative estimate of drug-likeness (QED) is 0.852. The summed E-state index contributed by atoms with van der Waals surface area (Å²) >= 11 is 5.03. The average Bonchev–Trinajstić information content (AvgIpc) is 2.41. The summed E-state index contributed by atoms with van der Waals surface area (Å²) in [7, 11) is 0. The largest absolute Gasteiger partial charge is 0.325 e. The number of benzene rings is 2. The Morgan fingerprint density at radius 2 is 1.95 bits per heavy atom. The number of hydrogen-bond donors (Lipinski definition) is 1. The molecule has 20 heavy (non-hydrogen) atoms. The molecule has 0 radical (unpaired) electrons. The maximum absolute atomic E-state index is 11.8. The fourth-order valence-electron chi connectivity index (χ4n) is 1.76. The maximum atomic E-state index is 11.8. The van der Waals surface area contributed by atoms with Crippen LogP contribution in [-0.2, 0) is 10.5 Å². The molecule has 104 valence electrons. The predicted molar refractivity (Wildman–Crippen MR) is 90.1 cm³/mol. The predicted octanol–water partition coefficient (Wildman–Crippen LogP) is 4.63. The highest BCUT2D eigenvalue weighted by Gasteiger charge is 2.03. The zero-order valence-corrected chi connectivity index (χ0v) is 13.6. The Hall–Kier alpha value is -1.26. The Bertz CT molecular complexity index is 583. The van der Waals surface area contributed by atoms with Crippen LogP contribution in [-0.4, -0.2) is 11.7 Å². The van der Waals surface area contributed by atoms with Crippen molar-refractivity contribution in [3.05, 3.63) is 64.1 Å². The molecular weight excluding hydrogens is 334 g/mol. The lowest BCUT2D eigenvalue weighted by Gasteiger charge is -2.06. The van der Waals surface area contributed by atoms with Gasteiger partial charge in [-0.1, -0.05) is 40.2 Å². The lowest BCUT2D eigenvalue weighted by Crippen LogP contribution is -2.14. The molecule has 2 rings (SSSR count). The van der Waals surface area contributed by atoms with Crippen LogP contribution in [0.15, 0.2) is 53.0 Å². The molecule has 0 aliphatic carbocycles. The van der Waals surface area contributed by atoms with E-state index in [0.29, 0.717) is 5.75 Å². The van der Waals surface area contributed by atoms with Gasteiger partial charge in [-0.2, -0.15) is 0 Å². The fraction of sp³-hybridized carbons (Fsp3) is 0.188. The molecule has 2 aromatic rings. The van der Waals surface area contributed by atoms with Crippen molar-refractivity contribution in [3.63, 3.8) is 0 Å². The molecule has 0 aliphatic heterocycles. The second-order valence-electron chi connectivity index (χ2n) is 4.54. The van der Waals surface area contributed by atoms with Crippen molar-refractivity contribution in [1.29, 1.82) is 0 Å². The van der Waals surface area contributed by atoms with Crippen molar-refractivity contribution in [2.75, 3.05) is 11.1 Å². The summed E-state index contributed by atoms with van der Waals surface area (Å²) in [6.07, 6.45) is 0. The molecule has 0 atom stereocenters. The number of anilines is 1. The van der Waals surface area contributed by atoms with Crippen LogP contribution < -0.4 is 5.32 Å². The van der Waals surface area contributed by atoms with E-state index in [9.17, 15) is 4.79 Å². The molecule has 0 bridgehead atoms. The SMILES string of the molecule is Cc1cccc(NC(=O)CSCc2ccc(Br)cc2)c1. The first kappa shape index (κ1) is 15.1. The summed E-state index contributed by atoms with van der Waals surface area (Å²) in [5.74, 6) is 1.34. The Kier molecular flexibility index (Phi) is 5.68. The third-order valence-electron chi connectivity index (χ3n) is 2.72. The van der Waals surface area contributed by atoms with Crippen molar-refractivity contribution < 1.29 is 4.79 Å². The molecule has 1 amide bonds. The van der Waals surface area contributed by atoms with Crippen LogP contribution in [0.5, 0.6) is 0 Å². The Labute approximate surface area is 132 Å². The van der Waals surface area contributed by atoms with Gasteiger partial charge >= 0.3 is 0 Å². The molecule has 0 spiro atoms. The van der Waals surface area contributed by atoms with Gasteiger partial charge in [0.15, 0.2) is 0 Å². The molecule has 0 saturated heterocycles.